The molecule has 0 bridgehead atoms. The second-order valence-corrected chi connectivity index (χ2v) is 14.0. The van der Waals surface area contributed by atoms with Gasteiger partial charge in [-0.25, -0.2) is 0 Å². The maximum atomic E-state index is 6.64. The highest BCUT2D eigenvalue weighted by Crippen LogP contribution is 2.58. The summed E-state index contributed by atoms with van der Waals surface area (Å²) in [6.07, 6.45) is -0.210. The van der Waals surface area contributed by atoms with Crippen molar-refractivity contribution >= 4 is 38.0 Å². The molecular weight excluding hydrogens is 631 g/mol. The third-order valence-electron chi connectivity index (χ3n) is 11.3. The van der Waals surface area contributed by atoms with E-state index in [0.717, 1.165) is 22.4 Å². The zero-order valence-electron chi connectivity index (χ0n) is 28.4. The van der Waals surface area contributed by atoms with Crippen LogP contribution in [-0.2, 0) is 5.41 Å². The molecule has 0 radical (unpaired) electrons. The van der Waals surface area contributed by atoms with Crippen molar-refractivity contribution in [2.75, 3.05) is 5.32 Å². The predicted octanol–water partition coefficient (Wildman–Crippen LogP) is 12.7. The van der Waals surface area contributed by atoms with Crippen molar-refractivity contribution < 1.29 is 4.74 Å². The summed E-state index contributed by atoms with van der Waals surface area (Å²) in [5.41, 5.74) is 11.9. The van der Waals surface area contributed by atoms with Crippen molar-refractivity contribution in [1.29, 1.82) is 0 Å². The van der Waals surface area contributed by atoms with E-state index in [-0.39, 0.29) is 6.23 Å². The maximum absolute atomic E-state index is 6.64. The van der Waals surface area contributed by atoms with E-state index in [1.54, 1.807) is 0 Å². The SMILES string of the molecule is c1ccc(C2Nc3ccc4ccc5cc(-c6ccc7c(c6)C(c6ccccc6)(c6ccccc6)c6c-7ccc7ccccc67)ccc5c4c3O2)cc1. The largest absolute Gasteiger partial charge is 0.464 e. The Hall–Kier alpha value is -6.64. The Balaban J connectivity index is 1.11. The predicted molar refractivity (Wildman–Crippen MR) is 215 cm³/mol. The minimum Gasteiger partial charge on any atom is -0.464 e. The van der Waals surface area contributed by atoms with Crippen LogP contribution in [0.1, 0.15) is 34.0 Å². The molecule has 0 saturated carbocycles. The molecule has 11 rings (SSSR count). The Morgan fingerprint density at radius 3 is 1.87 bits per heavy atom. The molecule has 9 aromatic carbocycles. The molecule has 244 valence electrons. The van der Waals surface area contributed by atoms with Gasteiger partial charge in [0.25, 0.3) is 0 Å². The average molecular weight is 664 g/mol. The van der Waals surface area contributed by atoms with Gasteiger partial charge in [-0.1, -0.05) is 170 Å². The van der Waals surface area contributed by atoms with Gasteiger partial charge in [0.1, 0.15) is 0 Å². The number of anilines is 1. The summed E-state index contributed by atoms with van der Waals surface area (Å²) in [6.45, 7) is 0. The molecule has 1 N–H and O–H groups in total. The van der Waals surface area contributed by atoms with Gasteiger partial charge in [0.05, 0.1) is 11.1 Å². The van der Waals surface area contributed by atoms with E-state index in [0.29, 0.717) is 0 Å². The lowest BCUT2D eigenvalue weighted by atomic mass is 9.66. The monoisotopic (exact) mass is 663 g/mol. The summed E-state index contributed by atoms with van der Waals surface area (Å²) in [6, 6.07) is 68.9. The van der Waals surface area contributed by atoms with E-state index in [2.05, 4.69) is 187 Å². The quantitative estimate of drug-likeness (QED) is 0.189. The fourth-order valence-electron chi connectivity index (χ4n) is 9.05. The fraction of sp³-hybridized carbons (Fsp3) is 0.0400. The minimum absolute atomic E-state index is 0.210. The van der Waals surface area contributed by atoms with Crippen LogP contribution in [0.4, 0.5) is 5.69 Å². The Morgan fingerprint density at radius 1 is 0.462 bits per heavy atom. The van der Waals surface area contributed by atoms with Crippen molar-refractivity contribution in [2.45, 2.75) is 11.6 Å². The Morgan fingerprint density at radius 2 is 1.08 bits per heavy atom. The van der Waals surface area contributed by atoms with Gasteiger partial charge in [0.15, 0.2) is 12.0 Å². The molecule has 0 saturated heterocycles. The van der Waals surface area contributed by atoms with Crippen LogP contribution in [0.2, 0.25) is 0 Å². The van der Waals surface area contributed by atoms with E-state index in [1.807, 2.05) is 6.07 Å². The summed E-state index contributed by atoms with van der Waals surface area (Å²) in [5, 5.41) is 10.9. The molecule has 0 aromatic heterocycles. The molecule has 0 amide bonds. The van der Waals surface area contributed by atoms with Crippen LogP contribution in [0.15, 0.2) is 188 Å². The van der Waals surface area contributed by atoms with Crippen LogP contribution >= 0.6 is 0 Å². The molecular formula is C50H33NO. The van der Waals surface area contributed by atoms with Gasteiger partial charge in [-0.3, -0.25) is 0 Å². The molecule has 2 heteroatoms. The van der Waals surface area contributed by atoms with Gasteiger partial charge in [-0.05, 0) is 89.6 Å². The molecule has 1 unspecified atom stereocenters. The first-order chi connectivity index (χ1) is 25.8. The molecule has 52 heavy (non-hydrogen) atoms. The highest BCUT2D eigenvalue weighted by molar-refractivity contribution is 6.13. The van der Waals surface area contributed by atoms with Gasteiger partial charge < -0.3 is 10.1 Å². The van der Waals surface area contributed by atoms with Gasteiger partial charge in [-0.2, -0.15) is 0 Å². The van der Waals surface area contributed by atoms with Gasteiger partial charge in [-0.15, -0.1) is 0 Å². The first-order valence-electron chi connectivity index (χ1n) is 18.0. The summed E-state index contributed by atoms with van der Waals surface area (Å²) >= 11 is 0. The molecule has 9 aromatic rings. The van der Waals surface area contributed by atoms with E-state index in [9.17, 15) is 0 Å². The molecule has 1 aliphatic heterocycles. The number of rotatable bonds is 4. The Kier molecular flexibility index (Phi) is 6.26. The smallest absolute Gasteiger partial charge is 0.196 e. The Labute approximate surface area is 302 Å². The number of hydrogen-bond donors (Lipinski definition) is 1. The van der Waals surface area contributed by atoms with Crippen molar-refractivity contribution in [3.05, 3.63) is 216 Å². The summed E-state index contributed by atoms with van der Waals surface area (Å²) in [7, 11) is 0. The van der Waals surface area contributed by atoms with Crippen molar-refractivity contribution in [3.8, 4) is 28.0 Å². The van der Waals surface area contributed by atoms with Crippen LogP contribution in [0, 0.1) is 0 Å². The van der Waals surface area contributed by atoms with Crippen LogP contribution in [0.5, 0.6) is 5.75 Å². The second kappa shape index (κ2) is 11.2. The van der Waals surface area contributed by atoms with Crippen LogP contribution in [-0.4, -0.2) is 0 Å². The number of ether oxygens (including phenoxy) is 1. The van der Waals surface area contributed by atoms with Gasteiger partial charge in [0, 0.05) is 10.9 Å². The first kappa shape index (κ1) is 29.1. The highest BCUT2D eigenvalue weighted by Gasteiger charge is 2.47. The van der Waals surface area contributed by atoms with Crippen molar-refractivity contribution in [3.63, 3.8) is 0 Å². The molecule has 1 atom stereocenters. The molecule has 1 aliphatic carbocycles. The molecule has 2 aliphatic rings. The molecule has 1 heterocycles. The maximum Gasteiger partial charge on any atom is 0.196 e. The van der Waals surface area contributed by atoms with E-state index < -0.39 is 5.41 Å². The zero-order chi connectivity index (χ0) is 34.2. The second-order valence-electron chi connectivity index (χ2n) is 14.0. The number of hydrogen-bond acceptors (Lipinski definition) is 2. The summed E-state index contributed by atoms with van der Waals surface area (Å²) in [5.74, 6) is 0.919. The van der Waals surface area contributed by atoms with Crippen molar-refractivity contribution in [1.82, 2.24) is 0 Å². The topological polar surface area (TPSA) is 21.3 Å². The third kappa shape index (κ3) is 4.12. The minimum atomic E-state index is -0.489. The van der Waals surface area contributed by atoms with Crippen LogP contribution < -0.4 is 10.1 Å². The van der Waals surface area contributed by atoms with Crippen LogP contribution in [0.25, 0.3) is 54.6 Å². The molecule has 2 nitrogen and oxygen atoms in total. The fourth-order valence-corrected chi connectivity index (χ4v) is 9.05. The van der Waals surface area contributed by atoms with Crippen LogP contribution in [0.3, 0.4) is 0 Å². The number of benzene rings is 9. The molecule has 0 fully saturated rings. The summed E-state index contributed by atoms with van der Waals surface area (Å²) in [4.78, 5) is 0. The summed E-state index contributed by atoms with van der Waals surface area (Å²) < 4.78 is 6.64. The van der Waals surface area contributed by atoms with E-state index >= 15 is 0 Å². The average Bonchev–Trinajstić information content (AvgIpc) is 3.80. The Bertz CT molecular complexity index is 2800. The zero-order valence-corrected chi connectivity index (χ0v) is 28.4. The first-order valence-corrected chi connectivity index (χ1v) is 18.0. The van der Waals surface area contributed by atoms with Crippen molar-refractivity contribution in [2.24, 2.45) is 0 Å². The number of fused-ring (bicyclic) bond motifs is 10. The standard InChI is InChI=1S/C50H33NO/c1-4-13-34(14-5-1)49-51-45-29-25-33-20-21-37-30-35(23-26-40(37)46(33)48(45)52-49)36-24-27-42-43-28-22-32-12-10-11-19-41(32)47(43)50(44(42)31-36,38-15-6-2-7-16-38)39-17-8-3-9-18-39/h1-31,49,51H. The van der Waals surface area contributed by atoms with E-state index in [1.165, 1.54) is 71.4 Å². The normalized spacial score (nSPS) is 15.2. The lowest BCUT2D eigenvalue weighted by molar-refractivity contribution is 0.263. The highest BCUT2D eigenvalue weighted by atomic mass is 16.5. The lowest BCUT2D eigenvalue weighted by Crippen LogP contribution is -2.28. The lowest BCUT2D eigenvalue weighted by Gasteiger charge is -2.35. The molecule has 0 spiro atoms. The van der Waals surface area contributed by atoms with Gasteiger partial charge in [0.2, 0.25) is 0 Å². The van der Waals surface area contributed by atoms with Gasteiger partial charge >= 0.3 is 0 Å². The third-order valence-corrected chi connectivity index (χ3v) is 11.3. The number of nitrogens with one attached hydrogen (secondary N) is 1. The van der Waals surface area contributed by atoms with E-state index in [4.69, 9.17) is 4.74 Å².